The van der Waals surface area contributed by atoms with E-state index in [-0.39, 0.29) is 5.54 Å². The molecule has 0 spiro atoms. The molecular formula is C16H21N. The zero-order chi connectivity index (χ0) is 12.5. The SMILES string of the molecule is CC1=C(c2ccccc2NC(C)(C)C)CC=C1. The molecule has 0 amide bonds. The molecule has 0 heterocycles. The highest BCUT2D eigenvalue weighted by atomic mass is 15.0. The van der Waals surface area contributed by atoms with Crippen LogP contribution in [0.25, 0.3) is 5.57 Å². The Balaban J connectivity index is 2.38. The second-order valence-electron chi connectivity index (χ2n) is 5.69. The maximum absolute atomic E-state index is 3.59. The van der Waals surface area contributed by atoms with Gasteiger partial charge in [-0.15, -0.1) is 0 Å². The summed E-state index contributed by atoms with van der Waals surface area (Å²) >= 11 is 0. The number of para-hydroxylation sites is 1. The number of nitrogens with one attached hydrogen (secondary N) is 1. The summed E-state index contributed by atoms with van der Waals surface area (Å²) in [5, 5.41) is 3.59. The van der Waals surface area contributed by atoms with Gasteiger partial charge in [0, 0.05) is 16.8 Å². The van der Waals surface area contributed by atoms with Crippen molar-refractivity contribution in [1.82, 2.24) is 0 Å². The predicted octanol–water partition coefficient (Wildman–Crippen LogP) is 4.63. The van der Waals surface area contributed by atoms with Crippen molar-refractivity contribution >= 4 is 11.3 Å². The molecule has 1 aromatic carbocycles. The fourth-order valence-electron chi connectivity index (χ4n) is 2.20. The number of rotatable bonds is 2. The Labute approximate surface area is 104 Å². The zero-order valence-corrected chi connectivity index (χ0v) is 11.2. The van der Waals surface area contributed by atoms with Crippen LogP contribution in [0.15, 0.2) is 42.0 Å². The molecule has 1 aromatic rings. The van der Waals surface area contributed by atoms with Gasteiger partial charge >= 0.3 is 0 Å². The summed E-state index contributed by atoms with van der Waals surface area (Å²) in [5.74, 6) is 0. The van der Waals surface area contributed by atoms with E-state index in [4.69, 9.17) is 0 Å². The van der Waals surface area contributed by atoms with Crippen LogP contribution in [0.2, 0.25) is 0 Å². The molecular weight excluding hydrogens is 206 g/mol. The molecule has 1 N–H and O–H groups in total. The van der Waals surface area contributed by atoms with E-state index in [1.54, 1.807) is 0 Å². The first-order valence-electron chi connectivity index (χ1n) is 6.21. The smallest absolute Gasteiger partial charge is 0.0420 e. The molecule has 0 unspecified atom stereocenters. The zero-order valence-electron chi connectivity index (χ0n) is 11.2. The molecule has 1 heteroatoms. The number of benzene rings is 1. The molecule has 0 atom stereocenters. The van der Waals surface area contributed by atoms with E-state index >= 15 is 0 Å². The molecule has 2 rings (SSSR count). The highest BCUT2D eigenvalue weighted by Gasteiger charge is 2.15. The molecule has 0 saturated heterocycles. The lowest BCUT2D eigenvalue weighted by Crippen LogP contribution is -2.26. The van der Waals surface area contributed by atoms with Gasteiger partial charge in [0.15, 0.2) is 0 Å². The van der Waals surface area contributed by atoms with E-state index in [0.29, 0.717) is 0 Å². The van der Waals surface area contributed by atoms with Gasteiger partial charge in [0.1, 0.15) is 0 Å². The molecule has 1 nitrogen and oxygen atoms in total. The monoisotopic (exact) mass is 227 g/mol. The Morgan fingerprint density at radius 1 is 1.12 bits per heavy atom. The van der Waals surface area contributed by atoms with Crippen LogP contribution >= 0.6 is 0 Å². The second kappa shape index (κ2) is 4.40. The quantitative estimate of drug-likeness (QED) is 0.776. The average molecular weight is 227 g/mol. The van der Waals surface area contributed by atoms with Gasteiger partial charge in [-0.05, 0) is 51.3 Å². The fraction of sp³-hybridized carbons (Fsp3) is 0.375. The summed E-state index contributed by atoms with van der Waals surface area (Å²) in [6.07, 6.45) is 5.50. The minimum atomic E-state index is 0.0939. The standard InChI is InChI=1S/C16H21N/c1-12-8-7-10-13(12)14-9-5-6-11-15(14)17-16(2,3)4/h5-9,11,17H,10H2,1-4H3. The molecule has 17 heavy (non-hydrogen) atoms. The van der Waals surface area contributed by atoms with Crippen LogP contribution in [-0.4, -0.2) is 5.54 Å². The molecule has 0 aliphatic heterocycles. The van der Waals surface area contributed by atoms with Crippen LogP contribution in [0.5, 0.6) is 0 Å². The molecule has 1 aliphatic carbocycles. The van der Waals surface area contributed by atoms with Gasteiger partial charge in [-0.3, -0.25) is 0 Å². The molecule has 0 radical (unpaired) electrons. The maximum Gasteiger partial charge on any atom is 0.0420 e. The van der Waals surface area contributed by atoms with E-state index in [0.717, 1.165) is 6.42 Å². The van der Waals surface area contributed by atoms with E-state index in [2.05, 4.69) is 69.4 Å². The predicted molar refractivity (Wildman–Crippen MR) is 76.2 cm³/mol. The van der Waals surface area contributed by atoms with Gasteiger partial charge in [0.2, 0.25) is 0 Å². The Bertz CT molecular complexity index is 473. The summed E-state index contributed by atoms with van der Waals surface area (Å²) in [6.45, 7) is 8.76. The van der Waals surface area contributed by atoms with Crippen molar-refractivity contribution in [2.24, 2.45) is 0 Å². The van der Waals surface area contributed by atoms with E-state index in [9.17, 15) is 0 Å². The first-order chi connectivity index (χ1) is 7.97. The molecule has 1 aliphatic rings. The number of anilines is 1. The van der Waals surface area contributed by atoms with Crippen LogP contribution in [0.3, 0.4) is 0 Å². The fourth-order valence-corrected chi connectivity index (χ4v) is 2.20. The summed E-state index contributed by atoms with van der Waals surface area (Å²) in [7, 11) is 0. The average Bonchev–Trinajstić information content (AvgIpc) is 2.63. The highest BCUT2D eigenvalue weighted by molar-refractivity contribution is 5.82. The van der Waals surface area contributed by atoms with Gasteiger partial charge in [-0.2, -0.15) is 0 Å². The van der Waals surface area contributed by atoms with E-state index in [1.807, 2.05) is 0 Å². The van der Waals surface area contributed by atoms with Gasteiger partial charge < -0.3 is 5.32 Å². The lowest BCUT2D eigenvalue weighted by molar-refractivity contribution is 0.634. The largest absolute Gasteiger partial charge is 0.380 e. The second-order valence-corrected chi connectivity index (χ2v) is 5.69. The van der Waals surface area contributed by atoms with Crippen molar-refractivity contribution in [3.8, 4) is 0 Å². The van der Waals surface area contributed by atoms with Crippen molar-refractivity contribution in [3.05, 3.63) is 47.6 Å². The van der Waals surface area contributed by atoms with Crippen molar-refractivity contribution in [1.29, 1.82) is 0 Å². The first-order valence-corrected chi connectivity index (χ1v) is 6.21. The minimum absolute atomic E-state index is 0.0939. The maximum atomic E-state index is 3.59. The van der Waals surface area contributed by atoms with Crippen LogP contribution in [-0.2, 0) is 0 Å². The summed E-state index contributed by atoms with van der Waals surface area (Å²) in [6, 6.07) is 8.58. The van der Waals surface area contributed by atoms with Crippen molar-refractivity contribution in [2.75, 3.05) is 5.32 Å². The molecule has 0 saturated carbocycles. The molecule has 0 fully saturated rings. The minimum Gasteiger partial charge on any atom is -0.380 e. The van der Waals surface area contributed by atoms with Gasteiger partial charge in [0.05, 0.1) is 0 Å². The Morgan fingerprint density at radius 3 is 2.41 bits per heavy atom. The highest BCUT2D eigenvalue weighted by Crippen LogP contribution is 2.34. The van der Waals surface area contributed by atoms with Crippen molar-refractivity contribution in [2.45, 2.75) is 39.7 Å². The Morgan fingerprint density at radius 2 is 1.82 bits per heavy atom. The molecule has 0 bridgehead atoms. The van der Waals surface area contributed by atoms with Crippen LogP contribution in [0.4, 0.5) is 5.69 Å². The van der Waals surface area contributed by atoms with E-state index < -0.39 is 0 Å². The van der Waals surface area contributed by atoms with Crippen molar-refractivity contribution < 1.29 is 0 Å². The van der Waals surface area contributed by atoms with Crippen molar-refractivity contribution in [3.63, 3.8) is 0 Å². The van der Waals surface area contributed by atoms with Gasteiger partial charge in [-0.1, -0.05) is 30.4 Å². The summed E-state index contributed by atoms with van der Waals surface area (Å²) < 4.78 is 0. The third-order valence-corrected chi connectivity index (χ3v) is 2.93. The number of hydrogen-bond donors (Lipinski definition) is 1. The Hall–Kier alpha value is -1.50. The first kappa shape index (κ1) is 12.0. The van der Waals surface area contributed by atoms with Gasteiger partial charge in [0.25, 0.3) is 0 Å². The van der Waals surface area contributed by atoms with E-state index in [1.165, 1.54) is 22.4 Å². The van der Waals surface area contributed by atoms with Crippen LogP contribution < -0.4 is 5.32 Å². The Kier molecular flexibility index (Phi) is 3.10. The summed E-state index contributed by atoms with van der Waals surface area (Å²) in [5.41, 5.74) is 5.49. The normalized spacial score (nSPS) is 15.5. The molecule has 90 valence electrons. The van der Waals surface area contributed by atoms with Gasteiger partial charge in [-0.25, -0.2) is 0 Å². The third kappa shape index (κ3) is 2.79. The lowest BCUT2D eigenvalue weighted by atomic mass is 9.98. The van der Waals surface area contributed by atoms with Crippen LogP contribution in [0.1, 0.15) is 39.7 Å². The van der Waals surface area contributed by atoms with Crippen LogP contribution in [0, 0.1) is 0 Å². The molecule has 0 aromatic heterocycles. The third-order valence-electron chi connectivity index (χ3n) is 2.93. The number of hydrogen-bond acceptors (Lipinski definition) is 1. The lowest BCUT2D eigenvalue weighted by Gasteiger charge is -2.24. The number of allylic oxidation sites excluding steroid dienone is 4. The summed E-state index contributed by atoms with van der Waals surface area (Å²) in [4.78, 5) is 0. The topological polar surface area (TPSA) is 12.0 Å².